The average Bonchev–Trinajstić information content (AvgIpc) is 2.27. The molecule has 0 radical (unpaired) electrons. The van der Waals surface area contributed by atoms with Crippen LogP contribution in [0.25, 0.3) is 0 Å². The molecule has 2 atom stereocenters. The fraction of sp³-hybridized carbons (Fsp3) is 0.571. The molecule has 1 aliphatic heterocycles. The van der Waals surface area contributed by atoms with Crippen molar-refractivity contribution in [1.82, 2.24) is 0 Å². The predicted molar refractivity (Wildman–Crippen MR) is 69.4 cm³/mol. The van der Waals surface area contributed by atoms with Crippen molar-refractivity contribution in [3.63, 3.8) is 0 Å². The predicted octanol–water partition coefficient (Wildman–Crippen LogP) is 2.77. The quantitative estimate of drug-likeness (QED) is 0.855. The summed E-state index contributed by atoms with van der Waals surface area (Å²) in [4.78, 5) is 2.16. The molecule has 1 aromatic carbocycles. The number of hydrogen-bond acceptors (Lipinski definition) is 2. The summed E-state index contributed by atoms with van der Waals surface area (Å²) >= 11 is 0. The normalized spacial score (nSPS) is 25.1. The molecule has 2 nitrogen and oxygen atoms in total. The molecule has 2 rings (SSSR count). The highest BCUT2D eigenvalue weighted by Gasteiger charge is 2.23. The lowest BCUT2D eigenvalue weighted by atomic mass is 9.91. The Labute approximate surface area is 103 Å². The van der Waals surface area contributed by atoms with Crippen LogP contribution in [-0.2, 0) is 6.54 Å². The number of nitrogens with zero attached hydrogens (tertiary/aromatic N) is 1. The number of anilines is 1. The maximum atomic E-state index is 14.0. The van der Waals surface area contributed by atoms with Gasteiger partial charge in [0.15, 0.2) is 0 Å². The summed E-state index contributed by atoms with van der Waals surface area (Å²) in [5.74, 6) is 1.12. The van der Waals surface area contributed by atoms with E-state index in [1.165, 1.54) is 6.42 Å². The van der Waals surface area contributed by atoms with Gasteiger partial charge in [0.25, 0.3) is 0 Å². The molecule has 1 saturated heterocycles. The van der Waals surface area contributed by atoms with Gasteiger partial charge in [-0.05, 0) is 36.0 Å². The summed E-state index contributed by atoms with van der Waals surface area (Å²) in [5, 5.41) is 0. The van der Waals surface area contributed by atoms with Crippen LogP contribution in [0.1, 0.15) is 25.8 Å². The van der Waals surface area contributed by atoms with E-state index in [2.05, 4.69) is 18.7 Å². The molecule has 0 spiro atoms. The van der Waals surface area contributed by atoms with Crippen LogP contribution in [0.4, 0.5) is 10.1 Å². The Morgan fingerprint density at radius 1 is 1.29 bits per heavy atom. The molecule has 0 amide bonds. The van der Waals surface area contributed by atoms with Gasteiger partial charge >= 0.3 is 0 Å². The topological polar surface area (TPSA) is 29.3 Å². The molecular formula is C14H21FN2. The van der Waals surface area contributed by atoms with Crippen LogP contribution in [0.15, 0.2) is 18.2 Å². The van der Waals surface area contributed by atoms with Gasteiger partial charge in [0.2, 0.25) is 0 Å². The minimum Gasteiger partial charge on any atom is -0.369 e. The number of rotatable bonds is 2. The molecule has 1 aliphatic rings. The lowest BCUT2D eigenvalue weighted by Gasteiger charge is -2.36. The molecule has 1 heterocycles. The number of halogens is 1. The summed E-state index contributed by atoms with van der Waals surface area (Å²) in [6.07, 6.45) is 1.24. The van der Waals surface area contributed by atoms with E-state index in [0.29, 0.717) is 18.4 Å². The monoisotopic (exact) mass is 236 g/mol. The highest BCUT2D eigenvalue weighted by molar-refractivity contribution is 5.49. The molecular weight excluding hydrogens is 215 g/mol. The van der Waals surface area contributed by atoms with Gasteiger partial charge in [-0.1, -0.05) is 19.9 Å². The van der Waals surface area contributed by atoms with Crippen LogP contribution in [0, 0.1) is 17.7 Å². The molecule has 0 saturated carbocycles. The van der Waals surface area contributed by atoms with Crippen LogP contribution >= 0.6 is 0 Å². The average molecular weight is 236 g/mol. The molecule has 0 aliphatic carbocycles. The third-order valence-corrected chi connectivity index (χ3v) is 3.46. The second kappa shape index (κ2) is 5.05. The van der Waals surface area contributed by atoms with Gasteiger partial charge in [-0.2, -0.15) is 0 Å². The smallest absolute Gasteiger partial charge is 0.146 e. The number of benzene rings is 1. The Balaban J connectivity index is 2.21. The molecule has 94 valence electrons. The van der Waals surface area contributed by atoms with Crippen LogP contribution in [0.2, 0.25) is 0 Å². The summed E-state index contributed by atoms with van der Waals surface area (Å²) in [6, 6.07) is 5.34. The Kier molecular flexibility index (Phi) is 3.67. The second-order valence-electron chi connectivity index (χ2n) is 5.34. The Morgan fingerprint density at radius 2 is 1.94 bits per heavy atom. The van der Waals surface area contributed by atoms with E-state index in [9.17, 15) is 4.39 Å². The van der Waals surface area contributed by atoms with Crippen LogP contribution in [0.5, 0.6) is 0 Å². The van der Waals surface area contributed by atoms with Gasteiger partial charge in [-0.15, -0.1) is 0 Å². The SMILES string of the molecule is CC1CC(C)CN(c2ccc(CN)cc2F)C1. The zero-order valence-electron chi connectivity index (χ0n) is 10.6. The van der Waals surface area contributed by atoms with Gasteiger partial charge < -0.3 is 10.6 Å². The molecule has 3 heteroatoms. The van der Waals surface area contributed by atoms with Gasteiger partial charge in [0.1, 0.15) is 5.82 Å². The van der Waals surface area contributed by atoms with E-state index in [1.54, 1.807) is 6.07 Å². The maximum absolute atomic E-state index is 14.0. The van der Waals surface area contributed by atoms with Gasteiger partial charge in [-0.3, -0.25) is 0 Å². The minimum atomic E-state index is -0.144. The standard InChI is InChI=1S/C14H21FN2/c1-10-5-11(2)9-17(8-10)14-4-3-12(7-16)6-13(14)15/h3-4,6,10-11H,5,7-9,16H2,1-2H3. The Morgan fingerprint density at radius 3 is 2.47 bits per heavy atom. The van der Waals surface area contributed by atoms with Crippen molar-refractivity contribution in [3.8, 4) is 0 Å². The second-order valence-corrected chi connectivity index (χ2v) is 5.34. The third kappa shape index (κ3) is 2.78. The van der Waals surface area contributed by atoms with Crippen molar-refractivity contribution in [2.24, 2.45) is 17.6 Å². The van der Waals surface area contributed by atoms with Crippen LogP contribution in [0.3, 0.4) is 0 Å². The van der Waals surface area contributed by atoms with Gasteiger partial charge in [0.05, 0.1) is 5.69 Å². The minimum absolute atomic E-state index is 0.144. The van der Waals surface area contributed by atoms with Crippen LogP contribution in [-0.4, -0.2) is 13.1 Å². The largest absolute Gasteiger partial charge is 0.369 e. The van der Waals surface area contributed by atoms with Crippen LogP contribution < -0.4 is 10.6 Å². The molecule has 17 heavy (non-hydrogen) atoms. The fourth-order valence-electron chi connectivity index (χ4n) is 2.79. The number of hydrogen-bond donors (Lipinski definition) is 1. The first-order valence-electron chi connectivity index (χ1n) is 6.33. The lowest BCUT2D eigenvalue weighted by molar-refractivity contribution is 0.354. The molecule has 1 fully saturated rings. The highest BCUT2D eigenvalue weighted by atomic mass is 19.1. The van der Waals surface area contributed by atoms with Gasteiger partial charge in [-0.25, -0.2) is 4.39 Å². The summed E-state index contributed by atoms with van der Waals surface area (Å²) in [6.45, 7) is 6.75. The zero-order chi connectivity index (χ0) is 12.4. The molecule has 2 unspecified atom stereocenters. The molecule has 0 bridgehead atoms. The number of nitrogens with two attached hydrogens (primary N) is 1. The Hall–Kier alpha value is -1.09. The van der Waals surface area contributed by atoms with Crippen molar-refractivity contribution < 1.29 is 4.39 Å². The summed E-state index contributed by atoms with van der Waals surface area (Å²) < 4.78 is 14.0. The zero-order valence-corrected chi connectivity index (χ0v) is 10.6. The highest BCUT2D eigenvalue weighted by Crippen LogP contribution is 2.28. The van der Waals surface area contributed by atoms with E-state index in [0.717, 1.165) is 24.3 Å². The Bertz CT molecular complexity index is 382. The summed E-state index contributed by atoms with van der Waals surface area (Å²) in [5.41, 5.74) is 7.09. The maximum Gasteiger partial charge on any atom is 0.146 e. The molecule has 1 aromatic rings. The van der Waals surface area contributed by atoms with E-state index in [-0.39, 0.29) is 5.82 Å². The molecule has 2 N–H and O–H groups in total. The van der Waals surface area contributed by atoms with E-state index >= 15 is 0 Å². The van der Waals surface area contributed by atoms with Crippen molar-refractivity contribution in [2.75, 3.05) is 18.0 Å². The van der Waals surface area contributed by atoms with Gasteiger partial charge in [0, 0.05) is 19.6 Å². The van der Waals surface area contributed by atoms with Crippen molar-refractivity contribution in [3.05, 3.63) is 29.6 Å². The van der Waals surface area contributed by atoms with E-state index < -0.39 is 0 Å². The first-order chi connectivity index (χ1) is 8.10. The van der Waals surface area contributed by atoms with Crippen molar-refractivity contribution >= 4 is 5.69 Å². The first-order valence-corrected chi connectivity index (χ1v) is 6.33. The van der Waals surface area contributed by atoms with Crippen molar-refractivity contribution in [2.45, 2.75) is 26.8 Å². The lowest BCUT2D eigenvalue weighted by Crippen LogP contribution is -2.39. The van der Waals surface area contributed by atoms with E-state index in [4.69, 9.17) is 5.73 Å². The first kappa shape index (κ1) is 12.4. The summed E-state index contributed by atoms with van der Waals surface area (Å²) in [7, 11) is 0. The number of piperidine rings is 1. The van der Waals surface area contributed by atoms with E-state index in [1.807, 2.05) is 12.1 Å². The fourth-order valence-corrected chi connectivity index (χ4v) is 2.79. The molecule has 0 aromatic heterocycles. The third-order valence-electron chi connectivity index (χ3n) is 3.46. The van der Waals surface area contributed by atoms with Crippen molar-refractivity contribution in [1.29, 1.82) is 0 Å².